The van der Waals surface area contributed by atoms with Crippen molar-refractivity contribution in [3.8, 4) is 55.6 Å². The van der Waals surface area contributed by atoms with Gasteiger partial charge in [0.15, 0.2) is 0 Å². The minimum Gasteiger partial charge on any atom is -0.310 e. The summed E-state index contributed by atoms with van der Waals surface area (Å²) in [6.07, 6.45) is 0. The Hall–Kier alpha value is -6.44. The van der Waals surface area contributed by atoms with Gasteiger partial charge in [-0.05, 0) is 114 Å². The number of nitrogens with zero attached hydrogens (tertiary/aromatic N) is 1. The van der Waals surface area contributed by atoms with E-state index < -0.39 is 0 Å². The molecule has 0 fully saturated rings. The molecule has 0 amide bonds. The van der Waals surface area contributed by atoms with Crippen molar-refractivity contribution in [3.63, 3.8) is 0 Å². The lowest BCUT2D eigenvalue weighted by Crippen LogP contribution is -2.22. The van der Waals surface area contributed by atoms with Gasteiger partial charge in [-0.1, -0.05) is 172 Å². The van der Waals surface area contributed by atoms with Crippen LogP contribution >= 0.6 is 0 Å². The van der Waals surface area contributed by atoms with Crippen molar-refractivity contribution < 1.29 is 0 Å². The van der Waals surface area contributed by atoms with Crippen molar-refractivity contribution in [1.29, 1.82) is 0 Å². The van der Waals surface area contributed by atoms with Crippen molar-refractivity contribution in [3.05, 3.63) is 210 Å². The van der Waals surface area contributed by atoms with E-state index in [2.05, 4.69) is 214 Å². The third-order valence-electron chi connectivity index (χ3n) is 11.9. The Bertz CT molecular complexity index is 2530. The van der Waals surface area contributed by atoms with Crippen LogP contribution in [-0.2, 0) is 5.41 Å². The highest BCUT2D eigenvalue weighted by molar-refractivity contribution is 5.91. The molecule has 54 heavy (non-hydrogen) atoms. The largest absolute Gasteiger partial charge is 0.310 e. The summed E-state index contributed by atoms with van der Waals surface area (Å²) in [5.41, 5.74) is 21.6. The van der Waals surface area contributed by atoms with Gasteiger partial charge in [0.25, 0.3) is 0 Å². The molecule has 0 N–H and O–H groups in total. The van der Waals surface area contributed by atoms with Crippen molar-refractivity contribution in [2.75, 3.05) is 4.90 Å². The summed E-state index contributed by atoms with van der Waals surface area (Å²) in [6.45, 7) is 7.11. The molecular formula is C53H41N. The van der Waals surface area contributed by atoms with Crippen molar-refractivity contribution in [2.45, 2.75) is 32.1 Å². The lowest BCUT2D eigenvalue weighted by Gasteiger charge is -2.38. The maximum Gasteiger partial charge on any atom is 0.0500 e. The summed E-state index contributed by atoms with van der Waals surface area (Å²) in [4.78, 5) is 2.51. The Morgan fingerprint density at radius 2 is 0.778 bits per heavy atom. The zero-order valence-corrected chi connectivity index (χ0v) is 30.9. The van der Waals surface area contributed by atoms with E-state index in [0.29, 0.717) is 0 Å². The quantitative estimate of drug-likeness (QED) is 0.174. The zero-order chi connectivity index (χ0) is 36.4. The van der Waals surface area contributed by atoms with E-state index in [1.807, 2.05) is 0 Å². The average Bonchev–Trinajstić information content (AvgIpc) is 3.47. The molecular weight excluding hydrogens is 651 g/mol. The number of benzene rings is 8. The van der Waals surface area contributed by atoms with E-state index in [-0.39, 0.29) is 11.3 Å². The topological polar surface area (TPSA) is 3.24 Å². The van der Waals surface area contributed by atoms with Crippen LogP contribution in [0.15, 0.2) is 188 Å². The normalized spacial score (nSPS) is 13.9. The molecule has 0 spiro atoms. The van der Waals surface area contributed by atoms with Gasteiger partial charge in [-0.15, -0.1) is 0 Å². The number of fused-ring (bicyclic) bond motifs is 5. The van der Waals surface area contributed by atoms with Crippen LogP contribution in [-0.4, -0.2) is 0 Å². The van der Waals surface area contributed by atoms with Gasteiger partial charge in [-0.25, -0.2) is 0 Å². The second kappa shape index (κ2) is 12.6. The Labute approximate surface area is 318 Å². The summed E-state index contributed by atoms with van der Waals surface area (Å²) >= 11 is 0. The minimum atomic E-state index is -0.0811. The zero-order valence-electron chi connectivity index (χ0n) is 30.9. The first-order chi connectivity index (χ1) is 26.4. The molecule has 10 rings (SSSR count). The first-order valence-corrected chi connectivity index (χ1v) is 19.1. The fourth-order valence-electron chi connectivity index (χ4n) is 8.95. The number of hydrogen-bond donors (Lipinski definition) is 0. The van der Waals surface area contributed by atoms with Crippen molar-refractivity contribution in [2.24, 2.45) is 0 Å². The van der Waals surface area contributed by atoms with E-state index in [1.54, 1.807) is 0 Å². The molecule has 0 saturated heterocycles. The fourth-order valence-corrected chi connectivity index (χ4v) is 8.95. The van der Waals surface area contributed by atoms with Crippen LogP contribution in [0.3, 0.4) is 0 Å². The van der Waals surface area contributed by atoms with Crippen LogP contribution in [0, 0.1) is 0 Å². The van der Waals surface area contributed by atoms with Crippen LogP contribution < -0.4 is 4.90 Å². The predicted octanol–water partition coefficient (Wildman–Crippen LogP) is 14.6. The van der Waals surface area contributed by atoms with Gasteiger partial charge in [0.1, 0.15) is 0 Å². The smallest absolute Gasteiger partial charge is 0.0500 e. The molecule has 0 bridgehead atoms. The Morgan fingerprint density at radius 1 is 0.370 bits per heavy atom. The first kappa shape index (κ1) is 32.2. The van der Waals surface area contributed by atoms with Gasteiger partial charge >= 0.3 is 0 Å². The number of hydrogen-bond acceptors (Lipinski definition) is 1. The SMILES string of the molecule is CC1c2cc(-c3ccc(-c4ccccc4)cc3)ccc2N(c2ccc3c(c2)C(C)(C)c2ccccc2-3)c2ccc(-c3ccc(-c4ccccc4)cc3)cc21. The molecule has 258 valence electrons. The van der Waals surface area contributed by atoms with Crippen LogP contribution in [0.5, 0.6) is 0 Å². The van der Waals surface area contributed by atoms with Crippen molar-refractivity contribution >= 4 is 17.1 Å². The van der Waals surface area contributed by atoms with Gasteiger partial charge in [-0.3, -0.25) is 0 Å². The van der Waals surface area contributed by atoms with E-state index in [4.69, 9.17) is 0 Å². The molecule has 0 radical (unpaired) electrons. The predicted molar refractivity (Wildman–Crippen MR) is 228 cm³/mol. The highest BCUT2D eigenvalue weighted by atomic mass is 15.2. The molecule has 1 heteroatoms. The molecule has 0 saturated carbocycles. The Morgan fingerprint density at radius 3 is 1.30 bits per heavy atom. The van der Waals surface area contributed by atoms with E-state index in [9.17, 15) is 0 Å². The van der Waals surface area contributed by atoms with Gasteiger partial charge in [0.05, 0.1) is 0 Å². The molecule has 8 aromatic rings. The van der Waals surface area contributed by atoms with Crippen molar-refractivity contribution in [1.82, 2.24) is 0 Å². The highest BCUT2D eigenvalue weighted by Gasteiger charge is 2.37. The molecule has 1 heterocycles. The molecule has 0 atom stereocenters. The van der Waals surface area contributed by atoms with Gasteiger partial charge in [-0.2, -0.15) is 0 Å². The number of anilines is 3. The Kier molecular flexibility index (Phi) is 7.52. The third kappa shape index (κ3) is 5.23. The molecule has 0 aromatic heterocycles. The van der Waals surface area contributed by atoms with Crippen LogP contribution in [0.1, 0.15) is 48.9 Å². The van der Waals surface area contributed by atoms with Gasteiger partial charge < -0.3 is 4.90 Å². The molecule has 1 aliphatic carbocycles. The maximum atomic E-state index is 2.51. The minimum absolute atomic E-state index is 0.0811. The van der Waals surface area contributed by atoms with Crippen LogP contribution in [0.2, 0.25) is 0 Å². The molecule has 8 aromatic carbocycles. The lowest BCUT2D eigenvalue weighted by molar-refractivity contribution is 0.660. The Balaban J connectivity index is 1.09. The third-order valence-corrected chi connectivity index (χ3v) is 11.9. The monoisotopic (exact) mass is 691 g/mol. The molecule has 2 aliphatic rings. The lowest BCUT2D eigenvalue weighted by atomic mass is 9.81. The number of rotatable bonds is 5. The standard InChI is InChI=1S/C53H41N/c1-35-47-32-42(40-22-18-38(19-23-40)36-12-6-4-7-13-36)26-30-51(47)54(44-28-29-46-45-16-10-11-17-49(45)53(2,3)50(46)34-44)52-31-27-43(33-48(35)52)41-24-20-39(21-25-41)37-14-8-5-9-15-37/h4-35H,1-3H3. The first-order valence-electron chi connectivity index (χ1n) is 19.1. The summed E-state index contributed by atoms with van der Waals surface area (Å²) < 4.78 is 0. The van der Waals surface area contributed by atoms with Gasteiger partial charge in [0.2, 0.25) is 0 Å². The van der Waals surface area contributed by atoms with E-state index in [1.165, 1.54) is 95.0 Å². The summed E-state index contributed by atoms with van der Waals surface area (Å²) in [6, 6.07) is 69.5. The summed E-state index contributed by atoms with van der Waals surface area (Å²) in [7, 11) is 0. The van der Waals surface area contributed by atoms with Gasteiger partial charge in [0, 0.05) is 28.4 Å². The second-order valence-electron chi connectivity index (χ2n) is 15.4. The highest BCUT2D eigenvalue weighted by Crippen LogP contribution is 2.54. The van der Waals surface area contributed by atoms with Crippen LogP contribution in [0.4, 0.5) is 17.1 Å². The summed E-state index contributed by atoms with van der Waals surface area (Å²) in [5, 5.41) is 0. The second-order valence-corrected chi connectivity index (χ2v) is 15.4. The average molecular weight is 692 g/mol. The van der Waals surface area contributed by atoms with E-state index in [0.717, 1.165) is 0 Å². The molecule has 1 nitrogen and oxygen atoms in total. The van der Waals surface area contributed by atoms with E-state index >= 15 is 0 Å². The molecule has 0 unspecified atom stereocenters. The maximum absolute atomic E-state index is 2.51. The summed E-state index contributed by atoms with van der Waals surface area (Å²) in [5.74, 6) is 0.202. The molecule has 1 aliphatic heterocycles. The fraction of sp³-hybridized carbons (Fsp3) is 0.0943. The van der Waals surface area contributed by atoms with Crippen LogP contribution in [0.25, 0.3) is 55.6 Å².